The van der Waals surface area contributed by atoms with Crippen molar-refractivity contribution in [2.24, 2.45) is 0 Å². The maximum Gasteiger partial charge on any atom is 0.338 e. The lowest BCUT2D eigenvalue weighted by Crippen LogP contribution is -2.21. The van der Waals surface area contributed by atoms with Crippen molar-refractivity contribution in [3.05, 3.63) is 65.2 Å². The van der Waals surface area contributed by atoms with Gasteiger partial charge in [-0.3, -0.25) is 9.59 Å². The standard InChI is InChI=1S/C21H23NO6S/c1-15(23)22-12-4-5-16-8-10-17(11-9-16)20(24)14-28-21(25)18-6-3-7-19(13-18)29(2,26)27/h3,6-11,13H,4-5,12,14H2,1-2H3,(H,22,23). The Labute approximate surface area is 170 Å². The van der Waals surface area contributed by atoms with Crippen LogP contribution < -0.4 is 5.32 Å². The molecule has 29 heavy (non-hydrogen) atoms. The second-order valence-electron chi connectivity index (χ2n) is 6.58. The molecule has 0 radical (unpaired) electrons. The van der Waals surface area contributed by atoms with E-state index in [-0.39, 0.29) is 22.1 Å². The zero-order valence-electron chi connectivity index (χ0n) is 16.3. The molecule has 0 aliphatic carbocycles. The summed E-state index contributed by atoms with van der Waals surface area (Å²) in [6.45, 7) is 1.62. The molecule has 0 saturated carbocycles. The highest BCUT2D eigenvalue weighted by Crippen LogP contribution is 2.13. The van der Waals surface area contributed by atoms with Crippen molar-refractivity contribution in [3.63, 3.8) is 0 Å². The smallest absolute Gasteiger partial charge is 0.338 e. The maximum atomic E-state index is 12.2. The number of hydrogen-bond acceptors (Lipinski definition) is 6. The van der Waals surface area contributed by atoms with Crippen molar-refractivity contribution in [1.82, 2.24) is 5.32 Å². The summed E-state index contributed by atoms with van der Waals surface area (Å²) >= 11 is 0. The molecule has 2 aromatic carbocycles. The Hall–Kier alpha value is -3.00. The Morgan fingerprint density at radius 3 is 2.31 bits per heavy atom. The Bertz CT molecular complexity index is 996. The topological polar surface area (TPSA) is 107 Å². The number of aryl methyl sites for hydroxylation is 1. The minimum atomic E-state index is -3.45. The number of carbonyl (C=O) groups is 3. The van der Waals surface area contributed by atoms with Crippen LogP contribution in [0.4, 0.5) is 0 Å². The number of amides is 1. The molecule has 0 aromatic heterocycles. The average Bonchev–Trinajstić information content (AvgIpc) is 2.69. The van der Waals surface area contributed by atoms with E-state index >= 15 is 0 Å². The summed E-state index contributed by atoms with van der Waals surface area (Å²) in [7, 11) is -3.45. The highest BCUT2D eigenvalue weighted by molar-refractivity contribution is 7.90. The van der Waals surface area contributed by atoms with Gasteiger partial charge >= 0.3 is 5.97 Å². The van der Waals surface area contributed by atoms with Crippen LogP contribution in [0.1, 0.15) is 39.6 Å². The van der Waals surface area contributed by atoms with Crippen molar-refractivity contribution < 1.29 is 27.5 Å². The number of ether oxygens (including phenoxy) is 1. The van der Waals surface area contributed by atoms with Crippen molar-refractivity contribution in [3.8, 4) is 0 Å². The van der Waals surface area contributed by atoms with Crippen LogP contribution in [0, 0.1) is 0 Å². The lowest BCUT2D eigenvalue weighted by molar-refractivity contribution is -0.118. The first-order valence-electron chi connectivity index (χ1n) is 9.00. The van der Waals surface area contributed by atoms with E-state index in [1.165, 1.54) is 31.2 Å². The highest BCUT2D eigenvalue weighted by Gasteiger charge is 2.15. The molecule has 154 valence electrons. The van der Waals surface area contributed by atoms with Crippen LogP contribution in [0.2, 0.25) is 0 Å². The normalized spacial score (nSPS) is 11.0. The van der Waals surface area contributed by atoms with Gasteiger partial charge in [0.15, 0.2) is 22.2 Å². The van der Waals surface area contributed by atoms with Gasteiger partial charge in [0.1, 0.15) is 0 Å². The van der Waals surface area contributed by atoms with E-state index in [1.807, 2.05) is 12.1 Å². The molecule has 0 bridgehead atoms. The predicted octanol–water partition coefficient (Wildman–Crippen LogP) is 2.20. The Kier molecular flexibility index (Phi) is 7.67. The number of sulfone groups is 1. The number of nitrogens with one attached hydrogen (secondary N) is 1. The van der Waals surface area contributed by atoms with Gasteiger partial charge in [0.2, 0.25) is 5.91 Å². The van der Waals surface area contributed by atoms with E-state index in [9.17, 15) is 22.8 Å². The van der Waals surface area contributed by atoms with Crippen molar-refractivity contribution in [2.75, 3.05) is 19.4 Å². The fourth-order valence-electron chi connectivity index (χ4n) is 2.57. The van der Waals surface area contributed by atoms with Crippen LogP contribution in [0.5, 0.6) is 0 Å². The van der Waals surface area contributed by atoms with Crippen LogP contribution >= 0.6 is 0 Å². The van der Waals surface area contributed by atoms with E-state index in [1.54, 1.807) is 12.1 Å². The number of esters is 1. The van der Waals surface area contributed by atoms with E-state index in [2.05, 4.69) is 5.32 Å². The molecular weight excluding hydrogens is 394 g/mol. The quantitative estimate of drug-likeness (QED) is 0.381. The second-order valence-corrected chi connectivity index (χ2v) is 8.60. The largest absolute Gasteiger partial charge is 0.454 e. The summed E-state index contributed by atoms with van der Waals surface area (Å²) in [5.74, 6) is -1.19. The molecule has 2 aromatic rings. The van der Waals surface area contributed by atoms with Crippen molar-refractivity contribution in [1.29, 1.82) is 0 Å². The van der Waals surface area contributed by atoms with Gasteiger partial charge in [-0.1, -0.05) is 30.3 Å². The van der Waals surface area contributed by atoms with Gasteiger partial charge in [-0.25, -0.2) is 13.2 Å². The van der Waals surface area contributed by atoms with Crippen molar-refractivity contribution >= 4 is 27.5 Å². The molecule has 0 heterocycles. The zero-order chi connectivity index (χ0) is 21.4. The zero-order valence-corrected chi connectivity index (χ0v) is 17.1. The SMILES string of the molecule is CC(=O)NCCCc1ccc(C(=O)COC(=O)c2cccc(S(C)(=O)=O)c2)cc1. The summed E-state index contributed by atoms with van der Waals surface area (Å²) in [6, 6.07) is 12.4. The molecule has 0 atom stereocenters. The molecule has 0 unspecified atom stereocenters. The highest BCUT2D eigenvalue weighted by atomic mass is 32.2. The molecule has 1 N–H and O–H groups in total. The van der Waals surface area contributed by atoms with E-state index < -0.39 is 22.4 Å². The molecule has 2 rings (SSSR count). The molecular formula is C21H23NO6S. The number of Topliss-reactive ketones (excluding diaryl/α,β-unsaturated/α-hetero) is 1. The van der Waals surface area contributed by atoms with Crippen LogP contribution in [0.25, 0.3) is 0 Å². The first-order valence-corrected chi connectivity index (χ1v) is 10.9. The Balaban J connectivity index is 1.89. The van der Waals surface area contributed by atoms with Gasteiger partial charge in [-0.15, -0.1) is 0 Å². The third-order valence-electron chi connectivity index (χ3n) is 4.12. The Morgan fingerprint density at radius 2 is 1.69 bits per heavy atom. The lowest BCUT2D eigenvalue weighted by atomic mass is 10.1. The molecule has 0 saturated heterocycles. The summed E-state index contributed by atoms with van der Waals surface area (Å²) < 4.78 is 28.2. The average molecular weight is 417 g/mol. The number of rotatable bonds is 9. The first kappa shape index (κ1) is 22.3. The van der Waals surface area contributed by atoms with E-state index in [4.69, 9.17) is 4.74 Å². The van der Waals surface area contributed by atoms with E-state index in [0.717, 1.165) is 24.7 Å². The van der Waals surface area contributed by atoms with Gasteiger partial charge < -0.3 is 10.1 Å². The predicted molar refractivity (Wildman–Crippen MR) is 108 cm³/mol. The summed E-state index contributed by atoms with van der Waals surface area (Å²) in [5, 5.41) is 2.72. The summed E-state index contributed by atoms with van der Waals surface area (Å²) in [4.78, 5) is 35.2. The third-order valence-corrected chi connectivity index (χ3v) is 5.23. The van der Waals surface area contributed by atoms with Gasteiger partial charge in [-0.05, 0) is 36.6 Å². The van der Waals surface area contributed by atoms with Gasteiger partial charge in [-0.2, -0.15) is 0 Å². The van der Waals surface area contributed by atoms with Gasteiger partial charge in [0.25, 0.3) is 0 Å². The Morgan fingerprint density at radius 1 is 1.00 bits per heavy atom. The second kappa shape index (κ2) is 9.97. The van der Waals surface area contributed by atoms with Gasteiger partial charge in [0.05, 0.1) is 10.5 Å². The molecule has 0 fully saturated rings. The number of hydrogen-bond donors (Lipinski definition) is 1. The minimum absolute atomic E-state index is 0.00682. The van der Waals surface area contributed by atoms with E-state index in [0.29, 0.717) is 12.1 Å². The number of carbonyl (C=O) groups excluding carboxylic acids is 3. The maximum absolute atomic E-state index is 12.2. The van der Waals surface area contributed by atoms with Gasteiger partial charge in [0, 0.05) is 25.3 Å². The number of ketones is 1. The van der Waals surface area contributed by atoms with Crippen LogP contribution in [0.15, 0.2) is 53.4 Å². The molecule has 0 aliphatic rings. The molecule has 7 nitrogen and oxygen atoms in total. The fraction of sp³-hybridized carbons (Fsp3) is 0.286. The lowest BCUT2D eigenvalue weighted by Gasteiger charge is -2.07. The summed E-state index contributed by atoms with van der Waals surface area (Å²) in [6.07, 6.45) is 2.60. The summed E-state index contributed by atoms with van der Waals surface area (Å²) in [5.41, 5.74) is 1.50. The molecule has 1 amide bonds. The third kappa shape index (κ3) is 7.15. The van der Waals surface area contributed by atoms with Crippen LogP contribution in [-0.4, -0.2) is 45.5 Å². The monoisotopic (exact) mass is 417 g/mol. The van der Waals surface area contributed by atoms with Crippen LogP contribution in [-0.2, 0) is 25.8 Å². The van der Waals surface area contributed by atoms with Crippen molar-refractivity contribution in [2.45, 2.75) is 24.7 Å². The fourth-order valence-corrected chi connectivity index (χ4v) is 3.23. The minimum Gasteiger partial charge on any atom is -0.454 e. The number of benzene rings is 2. The molecule has 0 spiro atoms. The molecule has 0 aliphatic heterocycles. The first-order chi connectivity index (χ1) is 13.7. The molecule has 8 heteroatoms. The van der Waals surface area contributed by atoms with Crippen LogP contribution in [0.3, 0.4) is 0 Å².